The molecule has 2 N–H and O–H groups in total. The van der Waals surface area contributed by atoms with Crippen molar-refractivity contribution in [3.05, 3.63) is 143 Å². The molecule has 0 heterocycles. The second kappa shape index (κ2) is 9.14. The summed E-state index contributed by atoms with van der Waals surface area (Å²) in [6.07, 6.45) is 0. The van der Waals surface area contributed by atoms with Crippen LogP contribution in [0.15, 0.2) is 109 Å². The van der Waals surface area contributed by atoms with Crippen molar-refractivity contribution in [1.82, 2.24) is 0 Å². The highest BCUT2D eigenvalue weighted by atomic mass is 16.4. The molecule has 32 heavy (non-hydrogen) atoms. The molecule has 0 spiro atoms. The zero-order valence-corrected chi connectivity index (χ0v) is 17.1. The highest BCUT2D eigenvalue weighted by molar-refractivity contribution is 6.12. The van der Waals surface area contributed by atoms with Crippen molar-refractivity contribution in [3.8, 4) is 0 Å². The van der Waals surface area contributed by atoms with Crippen molar-refractivity contribution in [3.63, 3.8) is 0 Å². The molecule has 4 heteroatoms. The molecule has 4 aromatic rings. The van der Waals surface area contributed by atoms with E-state index in [0.29, 0.717) is 11.1 Å². The van der Waals surface area contributed by atoms with Gasteiger partial charge in [0.2, 0.25) is 0 Å². The summed E-state index contributed by atoms with van der Waals surface area (Å²) in [7, 11) is 0. The number of rotatable bonds is 6. The van der Waals surface area contributed by atoms with Gasteiger partial charge in [0.05, 0.1) is 11.1 Å². The molecule has 156 valence electrons. The lowest BCUT2D eigenvalue weighted by Crippen LogP contribution is -2.12. The van der Waals surface area contributed by atoms with E-state index >= 15 is 0 Å². The lowest BCUT2D eigenvalue weighted by molar-refractivity contribution is 0.0651. The molecule has 0 atom stereocenters. The molecule has 0 aliphatic heterocycles. The van der Waals surface area contributed by atoms with E-state index in [2.05, 4.69) is 0 Å². The highest BCUT2D eigenvalue weighted by Crippen LogP contribution is 2.38. The Morgan fingerprint density at radius 1 is 0.438 bits per heavy atom. The van der Waals surface area contributed by atoms with Crippen LogP contribution in [-0.4, -0.2) is 22.2 Å². The van der Waals surface area contributed by atoms with Crippen molar-refractivity contribution in [2.24, 2.45) is 0 Å². The molecule has 0 bridgehead atoms. The standard InChI is InChI=1S/C28H20O4/c29-27(30)23-18-10-17-22(26(23)28(31)32)25(21-15-8-3-9-16-21)24(19-11-4-1-5-12-19)20-13-6-2-7-14-20/h1-18H,(H,29,30)(H,31,32). The fraction of sp³-hybridized carbons (Fsp3) is 0. The van der Waals surface area contributed by atoms with Crippen molar-refractivity contribution in [2.75, 3.05) is 0 Å². The molecule has 4 rings (SSSR count). The molecule has 0 radical (unpaired) electrons. The third-order valence-corrected chi connectivity index (χ3v) is 5.22. The second-order valence-electron chi connectivity index (χ2n) is 7.19. The first-order valence-electron chi connectivity index (χ1n) is 10.1. The third-order valence-electron chi connectivity index (χ3n) is 5.22. The number of carbonyl (C=O) groups is 2. The minimum Gasteiger partial charge on any atom is -0.478 e. The Labute approximate surface area is 185 Å². The van der Waals surface area contributed by atoms with Gasteiger partial charge in [0.25, 0.3) is 0 Å². The minimum absolute atomic E-state index is 0.233. The van der Waals surface area contributed by atoms with Crippen LogP contribution in [0.5, 0.6) is 0 Å². The lowest BCUT2D eigenvalue weighted by Gasteiger charge is -2.20. The van der Waals surface area contributed by atoms with Crippen LogP contribution >= 0.6 is 0 Å². The lowest BCUT2D eigenvalue weighted by atomic mass is 9.83. The molecule has 4 aromatic carbocycles. The number of hydrogen-bond donors (Lipinski definition) is 2. The molecule has 0 aliphatic carbocycles. The van der Waals surface area contributed by atoms with Gasteiger partial charge in [-0.25, -0.2) is 9.59 Å². The zero-order chi connectivity index (χ0) is 22.5. The van der Waals surface area contributed by atoms with Crippen LogP contribution < -0.4 is 0 Å². The summed E-state index contributed by atoms with van der Waals surface area (Å²) in [6, 6.07) is 33.4. The van der Waals surface area contributed by atoms with Crippen LogP contribution in [0.25, 0.3) is 11.1 Å². The van der Waals surface area contributed by atoms with Crippen molar-refractivity contribution >= 4 is 23.1 Å². The van der Waals surface area contributed by atoms with Crippen molar-refractivity contribution < 1.29 is 19.8 Å². The van der Waals surface area contributed by atoms with E-state index < -0.39 is 11.9 Å². The predicted molar refractivity (Wildman–Crippen MR) is 125 cm³/mol. The van der Waals surface area contributed by atoms with Gasteiger partial charge in [0.1, 0.15) is 0 Å². The third kappa shape index (κ3) is 4.07. The van der Waals surface area contributed by atoms with Gasteiger partial charge in [0, 0.05) is 0 Å². The number of hydrogen-bond acceptors (Lipinski definition) is 2. The maximum absolute atomic E-state index is 12.3. The van der Waals surface area contributed by atoms with Gasteiger partial charge in [0.15, 0.2) is 0 Å². The molecule has 0 aliphatic rings. The first-order valence-corrected chi connectivity index (χ1v) is 10.1. The van der Waals surface area contributed by atoms with Crippen molar-refractivity contribution in [2.45, 2.75) is 0 Å². The van der Waals surface area contributed by atoms with E-state index in [9.17, 15) is 19.8 Å². The monoisotopic (exact) mass is 420 g/mol. The molecule has 0 fully saturated rings. The molecule has 0 unspecified atom stereocenters. The second-order valence-corrected chi connectivity index (χ2v) is 7.19. The first kappa shape index (κ1) is 20.8. The van der Waals surface area contributed by atoms with Gasteiger partial charge in [-0.1, -0.05) is 103 Å². The molecular formula is C28H20O4. The number of benzene rings is 4. The summed E-state index contributed by atoms with van der Waals surface area (Å²) < 4.78 is 0. The zero-order valence-electron chi connectivity index (χ0n) is 17.1. The summed E-state index contributed by atoms with van der Waals surface area (Å²) in [5.41, 5.74) is 3.94. The largest absolute Gasteiger partial charge is 0.478 e. The average molecular weight is 420 g/mol. The Kier molecular flexibility index (Phi) is 5.95. The molecule has 0 amide bonds. The Morgan fingerprint density at radius 3 is 1.25 bits per heavy atom. The highest BCUT2D eigenvalue weighted by Gasteiger charge is 2.25. The predicted octanol–water partition coefficient (Wildman–Crippen LogP) is 6.09. The van der Waals surface area contributed by atoms with Crippen LogP contribution in [0, 0.1) is 0 Å². The fourth-order valence-corrected chi connectivity index (χ4v) is 3.87. The molecule has 0 aromatic heterocycles. The van der Waals surface area contributed by atoms with E-state index in [1.54, 1.807) is 12.1 Å². The van der Waals surface area contributed by atoms with Crippen LogP contribution in [0.1, 0.15) is 43.0 Å². The SMILES string of the molecule is O=C(O)c1cccc(C(=C(c2ccccc2)c2ccccc2)c2ccccc2)c1C(=O)O. The summed E-state index contributed by atoms with van der Waals surface area (Å²) in [5.74, 6) is -2.57. The van der Waals surface area contributed by atoms with E-state index in [4.69, 9.17) is 0 Å². The normalized spacial score (nSPS) is 10.4. The maximum Gasteiger partial charge on any atom is 0.337 e. The van der Waals surface area contributed by atoms with Gasteiger partial charge in [-0.05, 0) is 39.5 Å². The van der Waals surface area contributed by atoms with Gasteiger partial charge in [-0.2, -0.15) is 0 Å². The molecular weight excluding hydrogens is 400 g/mol. The van der Waals surface area contributed by atoms with Crippen LogP contribution in [0.2, 0.25) is 0 Å². The number of carboxylic acid groups (broad SMARTS) is 2. The van der Waals surface area contributed by atoms with E-state index in [0.717, 1.165) is 22.3 Å². The summed E-state index contributed by atoms with van der Waals surface area (Å²) in [6.45, 7) is 0. The van der Waals surface area contributed by atoms with Crippen LogP contribution in [-0.2, 0) is 0 Å². The van der Waals surface area contributed by atoms with Gasteiger partial charge < -0.3 is 10.2 Å². The summed E-state index contributed by atoms with van der Waals surface area (Å²) in [5, 5.41) is 19.7. The number of carboxylic acids is 2. The topological polar surface area (TPSA) is 74.6 Å². The van der Waals surface area contributed by atoms with Crippen LogP contribution in [0.3, 0.4) is 0 Å². The fourth-order valence-electron chi connectivity index (χ4n) is 3.87. The Morgan fingerprint density at radius 2 is 0.844 bits per heavy atom. The molecule has 4 nitrogen and oxygen atoms in total. The van der Waals surface area contributed by atoms with E-state index in [1.165, 1.54) is 6.07 Å². The van der Waals surface area contributed by atoms with Gasteiger partial charge in [-0.15, -0.1) is 0 Å². The average Bonchev–Trinajstić information content (AvgIpc) is 2.83. The van der Waals surface area contributed by atoms with Gasteiger partial charge in [-0.3, -0.25) is 0 Å². The van der Waals surface area contributed by atoms with E-state index in [-0.39, 0.29) is 11.1 Å². The van der Waals surface area contributed by atoms with E-state index in [1.807, 2.05) is 91.0 Å². The smallest absolute Gasteiger partial charge is 0.337 e. The Bertz CT molecular complexity index is 1250. The Balaban J connectivity index is 2.20. The number of aromatic carboxylic acids is 2. The maximum atomic E-state index is 12.3. The first-order chi connectivity index (χ1) is 15.6. The summed E-state index contributed by atoms with van der Waals surface area (Å²) in [4.78, 5) is 24.2. The van der Waals surface area contributed by atoms with Gasteiger partial charge >= 0.3 is 11.9 Å². The quantitative estimate of drug-likeness (QED) is 0.370. The Hall–Kier alpha value is -4.44. The summed E-state index contributed by atoms with van der Waals surface area (Å²) >= 11 is 0. The van der Waals surface area contributed by atoms with Crippen LogP contribution in [0.4, 0.5) is 0 Å². The van der Waals surface area contributed by atoms with Crippen molar-refractivity contribution in [1.29, 1.82) is 0 Å². The molecule has 0 saturated heterocycles. The molecule has 0 saturated carbocycles. The minimum atomic E-state index is -1.29.